The van der Waals surface area contributed by atoms with Crippen LogP contribution in [0.5, 0.6) is 5.75 Å². The van der Waals surface area contributed by atoms with Crippen molar-refractivity contribution >= 4 is 33.4 Å². The fourth-order valence-corrected chi connectivity index (χ4v) is 3.63. The molecule has 0 N–H and O–H groups in total. The molecule has 0 spiro atoms. The van der Waals surface area contributed by atoms with Crippen LogP contribution in [0.1, 0.15) is 18.9 Å². The van der Waals surface area contributed by atoms with Gasteiger partial charge < -0.3 is 4.74 Å². The van der Waals surface area contributed by atoms with E-state index in [1.165, 1.54) is 11.3 Å². The highest BCUT2D eigenvalue weighted by Crippen LogP contribution is 2.16. The smallest absolute Gasteiger partial charge is 0.274 e. The Kier molecular flexibility index (Phi) is 3.78. The first-order valence-electron chi connectivity index (χ1n) is 7.91. The molecule has 24 heavy (non-hydrogen) atoms. The Balaban J connectivity index is 1.77. The average molecular weight is 336 g/mol. The first kappa shape index (κ1) is 14.9. The molecule has 2 aromatic heterocycles. The van der Waals surface area contributed by atoms with Gasteiger partial charge in [-0.1, -0.05) is 42.5 Å². The topological polar surface area (TPSA) is 43.6 Å². The molecular formula is C19H16N2O2S. The van der Waals surface area contributed by atoms with Gasteiger partial charge in [0.25, 0.3) is 5.56 Å². The Morgan fingerprint density at radius 3 is 2.75 bits per heavy atom. The van der Waals surface area contributed by atoms with E-state index in [4.69, 9.17) is 4.74 Å². The van der Waals surface area contributed by atoms with Gasteiger partial charge in [-0.3, -0.25) is 4.79 Å². The van der Waals surface area contributed by atoms with Crippen LogP contribution >= 0.6 is 11.3 Å². The average Bonchev–Trinajstić information content (AvgIpc) is 3.11. The van der Waals surface area contributed by atoms with Gasteiger partial charge in [0.15, 0.2) is 4.96 Å². The normalized spacial score (nSPS) is 12.3. The second-order valence-electron chi connectivity index (χ2n) is 5.55. The minimum Gasteiger partial charge on any atom is -0.494 e. The highest BCUT2D eigenvalue weighted by Gasteiger charge is 2.10. The number of rotatable bonds is 4. The molecule has 4 aromatic rings. The molecule has 120 valence electrons. The van der Waals surface area contributed by atoms with E-state index < -0.39 is 0 Å². The molecule has 2 heterocycles. The highest BCUT2D eigenvalue weighted by molar-refractivity contribution is 7.15. The summed E-state index contributed by atoms with van der Waals surface area (Å²) >= 11 is 1.42. The Morgan fingerprint density at radius 1 is 1.17 bits per heavy atom. The predicted molar refractivity (Wildman–Crippen MR) is 97.9 cm³/mol. The van der Waals surface area contributed by atoms with Gasteiger partial charge in [-0.15, -0.1) is 0 Å². The third-order valence-electron chi connectivity index (χ3n) is 3.80. The van der Waals surface area contributed by atoms with Crippen molar-refractivity contribution in [1.29, 1.82) is 0 Å². The summed E-state index contributed by atoms with van der Waals surface area (Å²) in [4.78, 5) is 18.0. The van der Waals surface area contributed by atoms with Crippen LogP contribution in [0.2, 0.25) is 0 Å². The molecule has 0 unspecified atom stereocenters. The molecule has 4 rings (SSSR count). The van der Waals surface area contributed by atoms with Gasteiger partial charge in [0, 0.05) is 0 Å². The van der Waals surface area contributed by atoms with Crippen molar-refractivity contribution in [3.63, 3.8) is 0 Å². The van der Waals surface area contributed by atoms with Crippen molar-refractivity contribution in [3.05, 3.63) is 69.0 Å². The predicted octanol–water partition coefficient (Wildman–Crippen LogP) is 3.25. The number of imidazole rings is 1. The second kappa shape index (κ2) is 6.09. The van der Waals surface area contributed by atoms with Crippen molar-refractivity contribution in [2.24, 2.45) is 0 Å². The monoisotopic (exact) mass is 336 g/mol. The van der Waals surface area contributed by atoms with Crippen molar-refractivity contribution in [2.45, 2.75) is 13.3 Å². The van der Waals surface area contributed by atoms with Crippen molar-refractivity contribution in [1.82, 2.24) is 9.38 Å². The number of nitrogens with zero attached hydrogens (tertiary/aromatic N) is 2. The minimum absolute atomic E-state index is 0.0185. The number of thiazole rings is 1. The maximum atomic E-state index is 12.7. The van der Waals surface area contributed by atoms with Crippen molar-refractivity contribution < 1.29 is 4.74 Å². The maximum Gasteiger partial charge on any atom is 0.274 e. The summed E-state index contributed by atoms with van der Waals surface area (Å²) in [6.07, 6.45) is 2.89. The van der Waals surface area contributed by atoms with E-state index in [1.807, 2.05) is 54.6 Å². The Labute approximate surface area is 142 Å². The third-order valence-corrected chi connectivity index (χ3v) is 4.76. The molecule has 0 saturated carbocycles. The molecule has 0 atom stereocenters. The van der Waals surface area contributed by atoms with Crippen LogP contribution in [0.25, 0.3) is 22.1 Å². The maximum absolute atomic E-state index is 12.7. The summed E-state index contributed by atoms with van der Waals surface area (Å²) in [7, 11) is 0. The number of ether oxygens (including phenoxy) is 1. The molecule has 0 saturated heterocycles. The Hall–Kier alpha value is -2.66. The molecule has 5 heteroatoms. The van der Waals surface area contributed by atoms with E-state index in [1.54, 1.807) is 4.40 Å². The lowest BCUT2D eigenvalue weighted by atomic mass is 10.2. The molecule has 0 aliphatic carbocycles. The molecule has 0 aliphatic heterocycles. The number of hydrogen-bond donors (Lipinski definition) is 0. The zero-order valence-electron chi connectivity index (χ0n) is 13.2. The van der Waals surface area contributed by atoms with Gasteiger partial charge in [0.05, 0.1) is 22.2 Å². The summed E-state index contributed by atoms with van der Waals surface area (Å²) in [5.74, 6) is 0.850. The van der Waals surface area contributed by atoms with E-state index in [0.29, 0.717) is 11.1 Å². The van der Waals surface area contributed by atoms with Crippen LogP contribution in [0.15, 0.2) is 53.3 Å². The van der Waals surface area contributed by atoms with E-state index in [9.17, 15) is 4.79 Å². The number of para-hydroxylation sites is 2. The second-order valence-corrected chi connectivity index (χ2v) is 6.56. The first-order chi connectivity index (χ1) is 11.8. The standard InChI is InChI=1S/C19H16N2O2S/c1-2-11-23-14-9-7-13(8-10-14)12-17-18(22)21-16-6-4-3-5-15(16)20-19(21)24-17/h3-10,12H,2,11H2,1H3/b17-12+. The molecule has 0 radical (unpaired) electrons. The number of benzene rings is 2. The minimum atomic E-state index is -0.0185. The van der Waals surface area contributed by atoms with Crippen LogP contribution < -0.4 is 14.8 Å². The van der Waals surface area contributed by atoms with Gasteiger partial charge in [-0.05, 0) is 42.3 Å². The van der Waals surface area contributed by atoms with Gasteiger partial charge >= 0.3 is 0 Å². The van der Waals surface area contributed by atoms with Crippen molar-refractivity contribution in [2.75, 3.05) is 6.61 Å². The fraction of sp³-hybridized carbons (Fsp3) is 0.158. The van der Waals surface area contributed by atoms with Crippen LogP contribution in [-0.2, 0) is 0 Å². The Morgan fingerprint density at radius 2 is 1.96 bits per heavy atom. The van der Waals surface area contributed by atoms with Gasteiger partial charge in [0.2, 0.25) is 0 Å². The summed E-state index contributed by atoms with van der Waals surface area (Å²) in [5, 5.41) is 0. The van der Waals surface area contributed by atoms with E-state index >= 15 is 0 Å². The molecule has 2 aromatic carbocycles. The zero-order chi connectivity index (χ0) is 16.5. The molecule has 0 fully saturated rings. The molecule has 4 nitrogen and oxygen atoms in total. The van der Waals surface area contributed by atoms with Gasteiger partial charge in [-0.2, -0.15) is 0 Å². The van der Waals surface area contributed by atoms with Crippen molar-refractivity contribution in [3.8, 4) is 5.75 Å². The van der Waals surface area contributed by atoms with Crippen LogP contribution in [0, 0.1) is 0 Å². The number of hydrogen-bond acceptors (Lipinski definition) is 4. The summed E-state index contributed by atoms with van der Waals surface area (Å²) < 4.78 is 7.95. The number of aromatic nitrogens is 2. The fourth-order valence-electron chi connectivity index (χ4n) is 2.64. The lowest BCUT2D eigenvalue weighted by Gasteiger charge is -2.03. The van der Waals surface area contributed by atoms with Gasteiger partial charge in [0.1, 0.15) is 5.75 Å². The SMILES string of the molecule is CCCOc1ccc(/C=c2/sc3nc4ccccc4n3c2=O)cc1. The Bertz CT molecular complexity index is 1110. The summed E-state index contributed by atoms with van der Waals surface area (Å²) in [6.45, 7) is 2.79. The molecule has 0 aliphatic rings. The number of fused-ring (bicyclic) bond motifs is 3. The van der Waals surface area contributed by atoms with Crippen LogP contribution in [0.4, 0.5) is 0 Å². The molecular weight excluding hydrogens is 320 g/mol. The molecule has 0 amide bonds. The van der Waals surface area contributed by atoms with E-state index in [2.05, 4.69) is 11.9 Å². The molecule has 0 bridgehead atoms. The van der Waals surface area contributed by atoms with Gasteiger partial charge in [-0.25, -0.2) is 9.38 Å². The highest BCUT2D eigenvalue weighted by atomic mass is 32.1. The summed E-state index contributed by atoms with van der Waals surface area (Å²) in [5.41, 5.74) is 2.67. The zero-order valence-corrected chi connectivity index (χ0v) is 14.0. The first-order valence-corrected chi connectivity index (χ1v) is 8.72. The van der Waals surface area contributed by atoms with Crippen LogP contribution in [-0.4, -0.2) is 16.0 Å². The lowest BCUT2D eigenvalue weighted by Crippen LogP contribution is -2.22. The van der Waals surface area contributed by atoms with E-state index in [0.717, 1.165) is 33.7 Å². The largest absolute Gasteiger partial charge is 0.494 e. The van der Waals surface area contributed by atoms with E-state index in [-0.39, 0.29) is 5.56 Å². The third kappa shape index (κ3) is 2.57. The quantitative estimate of drug-likeness (QED) is 0.575. The lowest BCUT2D eigenvalue weighted by molar-refractivity contribution is 0.317. The van der Waals surface area contributed by atoms with Crippen LogP contribution in [0.3, 0.4) is 0 Å². The summed E-state index contributed by atoms with van der Waals surface area (Å²) in [6, 6.07) is 15.5.